The summed E-state index contributed by atoms with van der Waals surface area (Å²) in [5.41, 5.74) is -1.85. The molecule has 11 rings (SSSR count). The Kier molecular flexibility index (Phi) is 38.1. The fourth-order valence-electron chi connectivity index (χ4n) is 20.5. The van der Waals surface area contributed by atoms with Crippen molar-refractivity contribution in [3.63, 3.8) is 0 Å². The van der Waals surface area contributed by atoms with Gasteiger partial charge in [0, 0.05) is 84.9 Å². The molecular formula is C102H148N8O22. The highest BCUT2D eigenvalue weighted by atomic mass is 16.7. The predicted molar refractivity (Wildman–Crippen MR) is 503 cm³/mol. The van der Waals surface area contributed by atoms with Gasteiger partial charge in [0.25, 0.3) is 0 Å². The maximum atomic E-state index is 15.2. The van der Waals surface area contributed by atoms with E-state index >= 15 is 4.79 Å². The molecule has 0 saturated carbocycles. The molecule has 5 aromatic rings. The highest BCUT2D eigenvalue weighted by molar-refractivity contribution is 6.01. The Morgan fingerprint density at radius 1 is 0.515 bits per heavy atom. The number of cyclic esters (lactones) is 2. The molecule has 6 aliphatic heterocycles. The lowest BCUT2D eigenvalue weighted by atomic mass is 9.73. The number of likely N-dealkylation sites (N-methyl/N-ethyl adjacent to an activating group) is 2. The molecule has 0 bridgehead atoms. The van der Waals surface area contributed by atoms with Crippen LogP contribution in [0, 0.1) is 47.3 Å². The molecule has 6 aliphatic rings. The van der Waals surface area contributed by atoms with E-state index in [4.69, 9.17) is 57.2 Å². The summed E-state index contributed by atoms with van der Waals surface area (Å²) in [4.78, 5) is 150. The second-order valence-corrected chi connectivity index (χ2v) is 38.8. The van der Waals surface area contributed by atoms with Gasteiger partial charge in [0.05, 0.1) is 83.6 Å². The Morgan fingerprint density at radius 2 is 0.902 bits per heavy atom. The van der Waals surface area contributed by atoms with Gasteiger partial charge in [-0.25, -0.2) is 14.4 Å². The summed E-state index contributed by atoms with van der Waals surface area (Å²) in [6, 6.07) is 26.1. The van der Waals surface area contributed by atoms with Crippen LogP contribution in [0.5, 0.6) is 0 Å². The number of amides is 2. The molecule has 0 unspecified atom stereocenters. The number of hydrogen-bond acceptors (Lipinski definition) is 28. The molecule has 132 heavy (non-hydrogen) atoms. The predicted octanol–water partition coefficient (Wildman–Crippen LogP) is 13.0. The van der Waals surface area contributed by atoms with E-state index in [1.165, 1.54) is 13.8 Å². The summed E-state index contributed by atoms with van der Waals surface area (Å²) in [6.45, 7) is 30.2. The number of rotatable bonds is 26. The average Bonchev–Trinajstić information content (AvgIpc) is 1.58. The SMILES string of the molecule is CC[C@H]1OC(=O)[C@H](C)C(=O)[C@H](C)[C@@H](O[C@@H]2O[C@H](C)C[C@H](N(C)C)[C@H]2O)[C@](C)(OC/C=C/c2cnc3ccccc3c2)C[C@@H](C)C(=O)[C@H](C)[C@H]2N(CCCN(C)C)C(=O)O[C@]12C.CC[C@H]1OC(=O)[C@H](C)C(=O)[C@H](C)[C@@H](O[C@@H]2O[C@H](C)C[C@H](N(C)C)[C@H]2OC(=O)c2ccccc2)[C@](C)(OC/C=C/c2cnc3ccccc3c2)C[C@@H](C)C(=O)[C@H](C)[C@H]2N(CCCN(C)C)C(=O)O[C@]12C.CO. The van der Waals surface area contributed by atoms with Gasteiger partial charge in [-0.15, -0.1) is 0 Å². The number of pyridine rings is 2. The molecule has 2 aromatic heterocycles. The molecule has 0 aliphatic carbocycles. The number of aromatic nitrogens is 2. The maximum Gasteiger partial charge on any atom is 0.410 e. The van der Waals surface area contributed by atoms with Crippen LogP contribution in [0.15, 0.2) is 116 Å². The molecule has 26 atom stereocenters. The number of esters is 3. The molecule has 0 radical (unpaired) electrons. The normalized spacial score (nSPS) is 33.8. The molecule has 30 heteroatoms. The first-order chi connectivity index (χ1) is 62.4. The molecule has 6 saturated heterocycles. The van der Waals surface area contributed by atoms with E-state index in [0.29, 0.717) is 57.4 Å². The molecule has 0 spiro atoms. The molecule has 3 aromatic carbocycles. The number of aliphatic hydroxyl groups excluding tert-OH is 2. The molecule has 2 N–H and O–H groups in total. The third-order valence-corrected chi connectivity index (χ3v) is 27.5. The van der Waals surface area contributed by atoms with Crippen LogP contribution in [-0.2, 0) is 80.9 Å². The van der Waals surface area contributed by atoms with Crippen LogP contribution in [0.25, 0.3) is 34.0 Å². The molecule has 30 nitrogen and oxygen atoms in total. The summed E-state index contributed by atoms with van der Waals surface area (Å²) in [7, 11) is 16.3. The summed E-state index contributed by atoms with van der Waals surface area (Å²) in [5, 5.41) is 20.6. The van der Waals surface area contributed by atoms with Crippen molar-refractivity contribution < 1.29 is 105 Å². The van der Waals surface area contributed by atoms with Crippen LogP contribution in [0.4, 0.5) is 9.59 Å². The van der Waals surface area contributed by atoms with Crippen LogP contribution in [0.2, 0.25) is 0 Å². The van der Waals surface area contributed by atoms with Gasteiger partial charge < -0.3 is 91.7 Å². The second kappa shape index (κ2) is 47.0. The Morgan fingerprint density at radius 3 is 1.30 bits per heavy atom. The van der Waals surface area contributed by atoms with Crippen molar-refractivity contribution in [1.29, 1.82) is 0 Å². The van der Waals surface area contributed by atoms with Crippen molar-refractivity contribution in [2.24, 2.45) is 47.3 Å². The Balaban J connectivity index is 0.000000294. The molecular weight excluding hydrogens is 1690 g/mol. The molecule has 728 valence electrons. The van der Waals surface area contributed by atoms with E-state index in [1.54, 1.807) is 88.0 Å². The van der Waals surface area contributed by atoms with Crippen molar-refractivity contribution in [3.05, 3.63) is 132 Å². The standard InChI is InChI=1S/C54H74N4O11.C47H70N4O10.CH4O/c1-13-43-54(8)47(58(52(63)69-54)27-20-26-56(9)10)35(4)44(59)33(2)31-53(7,64-28-19-21-38-30-40-24-17-18-25-41(40)55-32-38)48(36(5)45(60)37(6)49(61)66-43)68-51-46(42(57(11)12)29-34(3)65-51)67-50(62)39-22-15-14-16-23-39;1-13-37-47(8)41(51(45(56)61-47)22-17-21-49(9)10)30(4)38(52)28(2)26-46(7,57-23-16-18-33-25-34-19-14-15-20-35(34)48-27-33)42(31(5)39(53)32(6)43(55)59-37)60-44-40(54)36(50(11)12)24-29(3)58-44;1-2/h14-19,21-25,30,32-37,42-43,46-48,51H,13,20,26-29,31H2,1-12H3;14-16,18-20,25,27-32,36-37,40-42,44,54H,13,17,21-24,26H2,1-12H3;2H,1H3/b21-19+;18-16+;/t33-,34-,35+,36+,37-,42+,43-,46-,47-,48-,51+,53-,54-;28-,29-,30+,31+,32-,36+,37-,40-,41-,42-,44+,46-,47-;/m11./s1. The van der Waals surface area contributed by atoms with Crippen molar-refractivity contribution >= 4 is 87.2 Å². The lowest BCUT2D eigenvalue weighted by Gasteiger charge is -2.48. The lowest BCUT2D eigenvalue weighted by Crippen LogP contribution is -2.61. The third-order valence-electron chi connectivity index (χ3n) is 27.5. The van der Waals surface area contributed by atoms with Crippen molar-refractivity contribution in [3.8, 4) is 0 Å². The first-order valence-corrected chi connectivity index (χ1v) is 46.9. The number of ether oxygens (including phenoxy) is 11. The molecule has 8 heterocycles. The molecule has 6 fully saturated rings. The van der Waals surface area contributed by atoms with E-state index in [2.05, 4.69) is 9.97 Å². The Labute approximate surface area is 780 Å². The van der Waals surface area contributed by atoms with Gasteiger partial charge in [-0.2, -0.15) is 0 Å². The zero-order chi connectivity index (χ0) is 97.3. The zero-order valence-corrected chi connectivity index (χ0v) is 82.4. The van der Waals surface area contributed by atoms with E-state index in [-0.39, 0.29) is 74.8 Å². The minimum atomic E-state index is -1.45. The van der Waals surface area contributed by atoms with Gasteiger partial charge in [0.2, 0.25) is 0 Å². The van der Waals surface area contributed by atoms with Crippen LogP contribution in [0.1, 0.15) is 184 Å². The quantitative estimate of drug-likeness (QED) is 0.0295. The number of hydrogen-bond donors (Lipinski definition) is 2. The second-order valence-electron chi connectivity index (χ2n) is 38.8. The smallest absolute Gasteiger partial charge is 0.410 e. The Bertz CT molecular complexity index is 4780. The van der Waals surface area contributed by atoms with Gasteiger partial charge in [0.15, 0.2) is 41.5 Å². The molecule has 2 amide bonds. The third kappa shape index (κ3) is 25.2. The lowest BCUT2D eigenvalue weighted by molar-refractivity contribution is -0.296. The minimum absolute atomic E-state index is 0.0215. The topological polar surface area (TPSA) is 341 Å². The summed E-state index contributed by atoms with van der Waals surface area (Å²) >= 11 is 0. The highest BCUT2D eigenvalue weighted by Gasteiger charge is 2.63. The number of aliphatic hydroxyl groups is 2. The minimum Gasteiger partial charge on any atom is -0.458 e. The van der Waals surface area contributed by atoms with Crippen LogP contribution >= 0.6 is 0 Å². The van der Waals surface area contributed by atoms with E-state index < -0.39 is 173 Å². The van der Waals surface area contributed by atoms with Gasteiger partial charge in [0.1, 0.15) is 41.7 Å². The average molecular weight is 1840 g/mol. The number of fused-ring (bicyclic) bond motifs is 4. The number of carbonyl (C=O) groups is 9. The summed E-state index contributed by atoms with van der Waals surface area (Å²) in [6.07, 6.45) is 3.47. The largest absolute Gasteiger partial charge is 0.458 e. The number of ketones is 4. The number of nitrogens with zero attached hydrogens (tertiary/aromatic N) is 8. The van der Waals surface area contributed by atoms with E-state index in [9.17, 15) is 43.5 Å². The first-order valence-electron chi connectivity index (χ1n) is 46.9. The monoisotopic (exact) mass is 1840 g/mol. The summed E-state index contributed by atoms with van der Waals surface area (Å²) in [5.74, 6) is -11.0. The zero-order valence-electron chi connectivity index (χ0n) is 82.4. The fourth-order valence-corrected chi connectivity index (χ4v) is 20.5. The van der Waals surface area contributed by atoms with Crippen LogP contribution in [-0.4, -0.2) is 314 Å². The van der Waals surface area contributed by atoms with Gasteiger partial charge in [-0.05, 0) is 224 Å². The van der Waals surface area contributed by atoms with Crippen LogP contribution < -0.4 is 0 Å². The van der Waals surface area contributed by atoms with Crippen LogP contribution in [0.3, 0.4) is 0 Å². The Hall–Kier alpha value is -8.89. The van der Waals surface area contributed by atoms with E-state index in [1.807, 2.05) is 222 Å². The fraction of sp³-hybridized carbons (Fsp3) is 0.637. The number of carbonyl (C=O) groups excluding carboxylic acids is 9. The highest BCUT2D eigenvalue weighted by Crippen LogP contribution is 2.47. The summed E-state index contributed by atoms with van der Waals surface area (Å²) < 4.78 is 71.6. The number of Topliss-reactive ketones (excluding diaryl/α,β-unsaturated/α-hetero) is 4. The van der Waals surface area contributed by atoms with Crippen molar-refractivity contribution in [1.82, 2.24) is 39.4 Å². The van der Waals surface area contributed by atoms with Gasteiger partial charge in [-0.1, -0.05) is 134 Å². The first kappa shape index (κ1) is 107. The van der Waals surface area contributed by atoms with E-state index in [0.717, 1.165) is 40.0 Å². The van der Waals surface area contributed by atoms with Gasteiger partial charge >= 0.3 is 30.1 Å². The van der Waals surface area contributed by atoms with Crippen molar-refractivity contribution in [2.45, 2.75) is 270 Å². The maximum absolute atomic E-state index is 15.2. The van der Waals surface area contributed by atoms with Crippen molar-refractivity contribution in [2.75, 3.05) is 103 Å². The number of benzene rings is 3. The number of para-hydroxylation sites is 2. The van der Waals surface area contributed by atoms with Gasteiger partial charge in [-0.3, -0.25) is 38.7 Å².